The maximum absolute atomic E-state index is 13.2. The Morgan fingerprint density at radius 3 is 2.44 bits per heavy atom. The van der Waals surface area contributed by atoms with Gasteiger partial charge in [-0.1, -0.05) is 29.5 Å². The number of hydrogen-bond donors (Lipinski definition) is 2. The number of carbonyl (C=O) groups excluding carboxylic acids is 2. The number of aromatic nitrogens is 5. The van der Waals surface area contributed by atoms with Crippen molar-refractivity contribution in [2.75, 3.05) is 44.3 Å². The predicted molar refractivity (Wildman–Crippen MR) is 167 cm³/mol. The van der Waals surface area contributed by atoms with Gasteiger partial charge in [-0.05, 0) is 63.4 Å². The number of likely N-dealkylation sites (tertiary alicyclic amines) is 1. The summed E-state index contributed by atoms with van der Waals surface area (Å²) in [6.45, 7) is 9.53. The van der Waals surface area contributed by atoms with Gasteiger partial charge in [0, 0.05) is 43.3 Å². The molecule has 0 spiro atoms. The minimum atomic E-state index is -0.552. The number of nitrogens with one attached hydrogen (secondary N) is 1. The third kappa shape index (κ3) is 7.14. The number of hydrogen-bond acceptors (Lipinski definition) is 10. The molecule has 0 unspecified atom stereocenters. The summed E-state index contributed by atoms with van der Waals surface area (Å²) >= 11 is 0. The van der Waals surface area contributed by atoms with Crippen molar-refractivity contribution in [2.45, 2.75) is 51.8 Å². The van der Waals surface area contributed by atoms with Crippen LogP contribution >= 0.6 is 0 Å². The summed E-state index contributed by atoms with van der Waals surface area (Å²) in [5, 5.41) is 21.9. The Labute approximate surface area is 261 Å². The van der Waals surface area contributed by atoms with Crippen molar-refractivity contribution in [1.82, 2.24) is 35.2 Å². The number of rotatable bonds is 6. The van der Waals surface area contributed by atoms with Gasteiger partial charge in [0.05, 0.1) is 19.8 Å². The van der Waals surface area contributed by atoms with Crippen LogP contribution in [0.25, 0.3) is 22.6 Å². The lowest BCUT2D eigenvalue weighted by atomic mass is 10.0. The van der Waals surface area contributed by atoms with E-state index in [9.17, 15) is 14.7 Å². The summed E-state index contributed by atoms with van der Waals surface area (Å²) in [5.74, 6) is 1.24. The summed E-state index contributed by atoms with van der Waals surface area (Å²) in [6, 6.07) is 14.3. The molecule has 0 saturated carbocycles. The number of benzene rings is 2. The van der Waals surface area contributed by atoms with Gasteiger partial charge in [0.15, 0.2) is 22.8 Å². The van der Waals surface area contributed by atoms with Gasteiger partial charge in [-0.2, -0.15) is 0 Å². The number of aromatic hydroxyl groups is 1. The minimum absolute atomic E-state index is 0.0237. The van der Waals surface area contributed by atoms with E-state index in [1.807, 2.05) is 56.0 Å². The highest BCUT2D eigenvalue weighted by Gasteiger charge is 2.27. The van der Waals surface area contributed by atoms with Gasteiger partial charge in [0.25, 0.3) is 5.91 Å². The van der Waals surface area contributed by atoms with Crippen LogP contribution in [-0.2, 0) is 16.0 Å². The first-order valence-corrected chi connectivity index (χ1v) is 15.2. The molecule has 2 aromatic carbocycles. The fourth-order valence-electron chi connectivity index (χ4n) is 5.53. The molecule has 0 bridgehead atoms. The van der Waals surface area contributed by atoms with E-state index >= 15 is 0 Å². The zero-order valence-corrected chi connectivity index (χ0v) is 25.8. The Morgan fingerprint density at radius 2 is 1.76 bits per heavy atom. The summed E-state index contributed by atoms with van der Waals surface area (Å²) in [5.41, 5.74) is 2.84. The van der Waals surface area contributed by atoms with Gasteiger partial charge in [0.1, 0.15) is 11.4 Å². The molecule has 2 saturated heterocycles. The largest absolute Gasteiger partial charge is 0.508 e. The van der Waals surface area contributed by atoms with E-state index in [0.29, 0.717) is 92.7 Å². The molecule has 236 valence electrons. The summed E-state index contributed by atoms with van der Waals surface area (Å²) in [6.07, 6.45) is 0.908. The molecule has 2 aliphatic heterocycles. The van der Waals surface area contributed by atoms with Crippen LogP contribution in [0.1, 0.15) is 49.5 Å². The number of amides is 2. The van der Waals surface area contributed by atoms with E-state index in [-0.39, 0.29) is 17.7 Å². The molecular weight excluding hydrogens is 576 g/mol. The Morgan fingerprint density at radius 1 is 1.02 bits per heavy atom. The molecule has 2 N–H and O–H groups in total. The fraction of sp³-hybridized carbons (Fsp3) is 0.438. The molecule has 0 atom stereocenters. The molecule has 4 aromatic rings. The van der Waals surface area contributed by atoms with Crippen molar-refractivity contribution in [2.24, 2.45) is 0 Å². The number of ether oxygens (including phenoxy) is 2. The van der Waals surface area contributed by atoms with Crippen molar-refractivity contribution >= 4 is 29.0 Å². The van der Waals surface area contributed by atoms with E-state index in [0.717, 1.165) is 5.56 Å². The van der Waals surface area contributed by atoms with Crippen LogP contribution in [0.2, 0.25) is 0 Å². The van der Waals surface area contributed by atoms with Crippen LogP contribution in [0.4, 0.5) is 10.6 Å². The molecule has 2 amide bonds. The number of phenolic OH excluding ortho intramolecular Hbond substituents is 1. The van der Waals surface area contributed by atoms with E-state index in [4.69, 9.17) is 19.4 Å². The van der Waals surface area contributed by atoms with Crippen LogP contribution in [0.3, 0.4) is 0 Å². The SMILES string of the molecule is CC(C)(C)OC(=O)NC1CCN(C(=O)c2ccc(Cn3nnc4c(N5CCOCC5)nc(-c5cccc(O)c5)nc43)cc2)CC1. The quantitative estimate of drug-likeness (QED) is 0.330. The van der Waals surface area contributed by atoms with E-state index < -0.39 is 11.7 Å². The van der Waals surface area contributed by atoms with Crippen LogP contribution < -0.4 is 10.2 Å². The van der Waals surface area contributed by atoms with E-state index in [2.05, 4.69) is 20.5 Å². The second-order valence-corrected chi connectivity index (χ2v) is 12.3. The topological polar surface area (TPSA) is 148 Å². The van der Waals surface area contributed by atoms with Gasteiger partial charge < -0.3 is 29.7 Å². The Hall–Kier alpha value is -4.78. The van der Waals surface area contributed by atoms with Crippen LogP contribution in [0.5, 0.6) is 5.75 Å². The summed E-state index contributed by atoms with van der Waals surface area (Å²) < 4.78 is 12.6. The number of alkyl carbamates (subject to hydrolysis) is 1. The normalized spacial score (nSPS) is 16.2. The molecule has 13 heteroatoms. The lowest BCUT2D eigenvalue weighted by Crippen LogP contribution is -2.47. The first kappa shape index (κ1) is 30.3. The maximum atomic E-state index is 13.2. The second-order valence-electron chi connectivity index (χ2n) is 12.3. The van der Waals surface area contributed by atoms with E-state index in [1.165, 1.54) is 0 Å². The molecular formula is C32H38N8O5. The Kier molecular flexibility index (Phi) is 8.52. The lowest BCUT2D eigenvalue weighted by molar-refractivity contribution is 0.0473. The smallest absolute Gasteiger partial charge is 0.407 e. The lowest BCUT2D eigenvalue weighted by Gasteiger charge is -2.33. The van der Waals surface area contributed by atoms with Crippen LogP contribution in [0, 0.1) is 0 Å². The number of nitrogens with zero attached hydrogens (tertiary/aromatic N) is 7. The molecule has 0 aliphatic carbocycles. The number of carbonyl (C=O) groups is 2. The highest BCUT2D eigenvalue weighted by atomic mass is 16.6. The zero-order chi connectivity index (χ0) is 31.6. The van der Waals surface area contributed by atoms with Gasteiger partial charge in [-0.3, -0.25) is 4.79 Å². The van der Waals surface area contributed by atoms with E-state index in [1.54, 1.807) is 22.9 Å². The third-order valence-corrected chi connectivity index (χ3v) is 7.80. The Balaban J connectivity index is 1.16. The molecule has 13 nitrogen and oxygen atoms in total. The average molecular weight is 615 g/mol. The first-order chi connectivity index (χ1) is 21.6. The summed E-state index contributed by atoms with van der Waals surface area (Å²) in [7, 11) is 0. The molecule has 4 heterocycles. The molecule has 2 fully saturated rings. The van der Waals surface area contributed by atoms with Gasteiger partial charge in [-0.25, -0.2) is 19.4 Å². The highest BCUT2D eigenvalue weighted by Crippen LogP contribution is 2.28. The van der Waals surface area contributed by atoms with Gasteiger partial charge in [0.2, 0.25) is 0 Å². The average Bonchev–Trinajstić information content (AvgIpc) is 3.43. The zero-order valence-electron chi connectivity index (χ0n) is 25.8. The minimum Gasteiger partial charge on any atom is -0.508 e. The Bertz CT molecular complexity index is 1670. The number of morpholine rings is 1. The first-order valence-electron chi connectivity index (χ1n) is 15.2. The standard InChI is InChI=1S/C32H38N8O5/c1-32(2,3)45-31(43)33-24-11-13-39(14-12-24)30(42)22-9-7-21(8-10-22)20-40-29-26(36-37-40)28(38-15-17-44-18-16-38)34-27(35-29)23-5-4-6-25(41)19-23/h4-10,19,24,41H,11-18,20H2,1-3H3,(H,33,43). The molecule has 2 aliphatic rings. The fourth-order valence-corrected chi connectivity index (χ4v) is 5.53. The van der Waals surface area contributed by atoms with Gasteiger partial charge >= 0.3 is 6.09 Å². The van der Waals surface area contributed by atoms with Crippen LogP contribution in [0.15, 0.2) is 48.5 Å². The predicted octanol–water partition coefficient (Wildman–Crippen LogP) is 3.61. The molecule has 6 rings (SSSR count). The molecule has 2 aromatic heterocycles. The molecule has 45 heavy (non-hydrogen) atoms. The van der Waals surface area contributed by atoms with Crippen molar-refractivity contribution in [3.63, 3.8) is 0 Å². The highest BCUT2D eigenvalue weighted by molar-refractivity contribution is 5.94. The van der Waals surface area contributed by atoms with Crippen molar-refractivity contribution in [1.29, 1.82) is 0 Å². The number of piperidine rings is 1. The number of fused-ring (bicyclic) bond motifs is 1. The summed E-state index contributed by atoms with van der Waals surface area (Å²) in [4.78, 5) is 38.9. The van der Waals surface area contributed by atoms with Crippen molar-refractivity contribution < 1.29 is 24.2 Å². The molecule has 0 radical (unpaired) electrons. The van der Waals surface area contributed by atoms with Gasteiger partial charge in [-0.15, -0.1) is 5.10 Å². The number of anilines is 1. The van der Waals surface area contributed by atoms with Crippen LogP contribution in [-0.4, -0.2) is 98.0 Å². The maximum Gasteiger partial charge on any atom is 0.407 e. The van der Waals surface area contributed by atoms with Crippen molar-refractivity contribution in [3.8, 4) is 17.1 Å². The van der Waals surface area contributed by atoms with Crippen molar-refractivity contribution in [3.05, 3.63) is 59.7 Å². The third-order valence-electron chi connectivity index (χ3n) is 7.80. The second kappa shape index (κ2) is 12.7. The monoisotopic (exact) mass is 614 g/mol. The number of phenols is 1.